The largest absolute Gasteiger partial charge is 0.362 e. The van der Waals surface area contributed by atoms with E-state index in [0.717, 1.165) is 32.5 Å². The minimum absolute atomic E-state index is 0.123. The molecule has 3 N–H and O–H groups in total. The number of benzene rings is 2. The van der Waals surface area contributed by atoms with Crippen molar-refractivity contribution in [2.45, 2.75) is 18.7 Å². The molecule has 0 aliphatic heterocycles. The van der Waals surface area contributed by atoms with Gasteiger partial charge in [0.2, 0.25) is 5.91 Å². The minimum atomic E-state index is -0.123. The first-order chi connectivity index (χ1) is 12.5. The number of nitrogens with one attached hydrogen (secondary N) is 3. The van der Waals surface area contributed by atoms with Crippen LogP contribution in [-0.2, 0) is 4.79 Å². The summed E-state index contributed by atoms with van der Waals surface area (Å²) in [5.74, 6) is 0.736. The van der Waals surface area contributed by atoms with E-state index in [2.05, 4.69) is 16.0 Å². The van der Waals surface area contributed by atoms with Gasteiger partial charge < -0.3 is 16.0 Å². The van der Waals surface area contributed by atoms with Crippen LogP contribution < -0.4 is 16.0 Å². The first-order valence-electron chi connectivity index (χ1n) is 8.22. The molecule has 26 heavy (non-hydrogen) atoms. The van der Waals surface area contributed by atoms with E-state index in [4.69, 9.17) is 23.8 Å². The Balaban J connectivity index is 1.65. The second kappa shape index (κ2) is 10.4. The maximum atomic E-state index is 12.1. The Hall–Kier alpha value is -1.76. The van der Waals surface area contributed by atoms with Crippen molar-refractivity contribution < 1.29 is 4.79 Å². The highest BCUT2D eigenvalue weighted by atomic mass is 35.5. The molecule has 2 aromatic carbocycles. The van der Waals surface area contributed by atoms with Crippen molar-refractivity contribution in [2.24, 2.45) is 0 Å². The molecule has 7 heteroatoms. The van der Waals surface area contributed by atoms with E-state index in [1.165, 1.54) is 0 Å². The van der Waals surface area contributed by atoms with Crippen molar-refractivity contribution in [2.75, 3.05) is 24.2 Å². The number of carbonyl (C=O) groups is 1. The summed E-state index contributed by atoms with van der Waals surface area (Å²) >= 11 is 12.8. The van der Waals surface area contributed by atoms with Gasteiger partial charge in [0.1, 0.15) is 0 Å². The number of halogens is 1. The van der Waals surface area contributed by atoms with E-state index in [9.17, 15) is 4.79 Å². The lowest BCUT2D eigenvalue weighted by Gasteiger charge is -2.13. The average molecular weight is 408 g/mol. The van der Waals surface area contributed by atoms with Gasteiger partial charge in [-0.05, 0) is 61.5 Å². The predicted molar refractivity (Wildman–Crippen MR) is 115 cm³/mol. The fourth-order valence-corrected chi connectivity index (χ4v) is 3.35. The van der Waals surface area contributed by atoms with Crippen LogP contribution in [0.2, 0.25) is 5.02 Å². The van der Waals surface area contributed by atoms with Crippen LogP contribution in [0.25, 0.3) is 0 Å². The minimum Gasteiger partial charge on any atom is -0.362 e. The molecule has 1 amide bonds. The summed E-state index contributed by atoms with van der Waals surface area (Å²) in [4.78, 5) is 13.2. The standard InChI is InChI=1S/C19H22ClN3OS2/c1-13-4-3-5-14(2)18(13)23-17(24)12-22-19(25)21-10-11-26-16-8-6-15(20)7-9-16/h3-9H,10-12H2,1-2H3,(H,23,24)(H2,21,22,25). The van der Waals surface area contributed by atoms with Crippen LogP contribution in [0.4, 0.5) is 5.69 Å². The SMILES string of the molecule is Cc1cccc(C)c1NC(=O)CNC(=S)NCCSc1ccc(Cl)cc1. The molecule has 0 saturated carbocycles. The lowest BCUT2D eigenvalue weighted by atomic mass is 10.1. The first kappa shape index (κ1) is 20.6. The van der Waals surface area contributed by atoms with Gasteiger partial charge in [0.15, 0.2) is 5.11 Å². The van der Waals surface area contributed by atoms with Crippen LogP contribution >= 0.6 is 35.6 Å². The van der Waals surface area contributed by atoms with Gasteiger partial charge in [0.25, 0.3) is 0 Å². The molecule has 0 heterocycles. The number of aryl methyl sites for hydroxylation is 2. The highest BCUT2D eigenvalue weighted by molar-refractivity contribution is 7.99. The monoisotopic (exact) mass is 407 g/mol. The van der Waals surface area contributed by atoms with Gasteiger partial charge in [0.05, 0.1) is 6.54 Å². The van der Waals surface area contributed by atoms with Crippen LogP contribution in [0.5, 0.6) is 0 Å². The summed E-state index contributed by atoms with van der Waals surface area (Å²) in [5, 5.41) is 10.2. The Morgan fingerprint density at radius 1 is 1.08 bits per heavy atom. The zero-order chi connectivity index (χ0) is 18.9. The number of para-hydroxylation sites is 1. The van der Waals surface area contributed by atoms with Crippen LogP contribution in [-0.4, -0.2) is 29.9 Å². The Labute approximate surface area is 169 Å². The van der Waals surface area contributed by atoms with Crippen molar-refractivity contribution in [3.8, 4) is 0 Å². The molecule has 4 nitrogen and oxygen atoms in total. The fraction of sp³-hybridized carbons (Fsp3) is 0.263. The van der Waals surface area contributed by atoms with Gasteiger partial charge in [-0.15, -0.1) is 11.8 Å². The van der Waals surface area contributed by atoms with Gasteiger partial charge in [-0.3, -0.25) is 4.79 Å². The third-order valence-corrected chi connectivity index (χ3v) is 5.18. The lowest BCUT2D eigenvalue weighted by Crippen LogP contribution is -2.40. The summed E-state index contributed by atoms with van der Waals surface area (Å²) < 4.78 is 0. The molecule has 0 saturated heterocycles. The molecular formula is C19H22ClN3OS2. The number of hydrogen-bond donors (Lipinski definition) is 3. The molecule has 0 bridgehead atoms. The van der Waals surface area contributed by atoms with E-state index < -0.39 is 0 Å². The van der Waals surface area contributed by atoms with Crippen molar-refractivity contribution >= 4 is 52.3 Å². The van der Waals surface area contributed by atoms with Crippen LogP contribution in [0.15, 0.2) is 47.4 Å². The second-order valence-corrected chi connectivity index (χ2v) is 7.74. The molecule has 2 aromatic rings. The van der Waals surface area contributed by atoms with E-state index in [1.54, 1.807) is 11.8 Å². The average Bonchev–Trinajstić information content (AvgIpc) is 2.62. The Bertz CT molecular complexity index is 746. The molecule has 0 unspecified atom stereocenters. The zero-order valence-corrected chi connectivity index (χ0v) is 17.2. The molecule has 0 aliphatic carbocycles. The number of thiocarbonyl (C=S) groups is 1. The van der Waals surface area contributed by atoms with Crippen LogP contribution in [0.1, 0.15) is 11.1 Å². The van der Waals surface area contributed by atoms with Crippen LogP contribution in [0.3, 0.4) is 0 Å². The normalized spacial score (nSPS) is 10.3. The Morgan fingerprint density at radius 3 is 2.38 bits per heavy atom. The third-order valence-electron chi connectivity index (χ3n) is 3.63. The highest BCUT2D eigenvalue weighted by Gasteiger charge is 2.07. The number of thioether (sulfide) groups is 1. The van der Waals surface area contributed by atoms with Gasteiger partial charge in [-0.1, -0.05) is 29.8 Å². The number of rotatable bonds is 7. The molecule has 0 aromatic heterocycles. The summed E-state index contributed by atoms with van der Waals surface area (Å²) in [6, 6.07) is 13.6. The zero-order valence-electron chi connectivity index (χ0n) is 14.8. The quantitative estimate of drug-likeness (QED) is 0.365. The van der Waals surface area contributed by atoms with Gasteiger partial charge in [-0.25, -0.2) is 0 Å². The molecule has 0 aliphatic rings. The number of carbonyl (C=O) groups excluding carboxylic acids is 1. The van der Waals surface area contributed by atoms with Gasteiger partial charge in [0, 0.05) is 27.9 Å². The third kappa shape index (κ3) is 6.86. The summed E-state index contributed by atoms with van der Waals surface area (Å²) in [6.07, 6.45) is 0. The van der Waals surface area contributed by atoms with E-state index >= 15 is 0 Å². The molecule has 0 fully saturated rings. The molecule has 0 spiro atoms. The molecule has 0 atom stereocenters. The summed E-state index contributed by atoms with van der Waals surface area (Å²) in [6.45, 7) is 4.78. The van der Waals surface area contributed by atoms with Crippen molar-refractivity contribution in [1.29, 1.82) is 0 Å². The van der Waals surface area contributed by atoms with Crippen LogP contribution in [0, 0.1) is 13.8 Å². The molecule has 2 rings (SSSR count). The Morgan fingerprint density at radius 2 is 1.73 bits per heavy atom. The van der Waals surface area contributed by atoms with Gasteiger partial charge >= 0.3 is 0 Å². The molecule has 0 radical (unpaired) electrons. The predicted octanol–water partition coefficient (Wildman–Crippen LogP) is 4.15. The first-order valence-corrected chi connectivity index (χ1v) is 9.99. The number of anilines is 1. The van der Waals surface area contributed by atoms with Gasteiger partial charge in [-0.2, -0.15) is 0 Å². The topological polar surface area (TPSA) is 53.2 Å². The number of hydrogen-bond acceptors (Lipinski definition) is 3. The van der Waals surface area contributed by atoms with E-state index in [-0.39, 0.29) is 12.5 Å². The lowest BCUT2D eigenvalue weighted by molar-refractivity contribution is -0.115. The maximum absolute atomic E-state index is 12.1. The fourth-order valence-electron chi connectivity index (χ4n) is 2.28. The molecular weight excluding hydrogens is 386 g/mol. The second-order valence-electron chi connectivity index (χ2n) is 5.73. The smallest absolute Gasteiger partial charge is 0.243 e. The number of amides is 1. The van der Waals surface area contributed by atoms with Crippen molar-refractivity contribution in [3.05, 3.63) is 58.6 Å². The van der Waals surface area contributed by atoms with Crippen molar-refractivity contribution in [1.82, 2.24) is 10.6 Å². The summed E-state index contributed by atoms with van der Waals surface area (Å²) in [5.41, 5.74) is 2.94. The summed E-state index contributed by atoms with van der Waals surface area (Å²) in [7, 11) is 0. The van der Waals surface area contributed by atoms with E-state index in [1.807, 2.05) is 56.3 Å². The highest BCUT2D eigenvalue weighted by Crippen LogP contribution is 2.20. The van der Waals surface area contributed by atoms with Crippen molar-refractivity contribution in [3.63, 3.8) is 0 Å². The van der Waals surface area contributed by atoms with E-state index in [0.29, 0.717) is 11.7 Å². The Kier molecular flexibility index (Phi) is 8.22. The maximum Gasteiger partial charge on any atom is 0.243 e. The molecule has 138 valence electrons.